The molecule has 1 heterocycles. The van der Waals surface area contributed by atoms with Gasteiger partial charge in [-0.2, -0.15) is 5.10 Å². The predicted octanol–water partition coefficient (Wildman–Crippen LogP) is 3.95. The third-order valence-electron chi connectivity index (χ3n) is 4.12. The van der Waals surface area contributed by atoms with Crippen LogP contribution in [0.4, 0.5) is 0 Å². The Bertz CT molecular complexity index is 1000. The maximum atomic E-state index is 11.9. The zero-order chi connectivity index (χ0) is 18.5. The topological polar surface area (TPSA) is 59.9 Å². The number of carbonyl (C=O) groups is 1. The van der Waals surface area contributed by atoms with Crippen LogP contribution in [0.2, 0.25) is 0 Å². The molecule has 6 heteroatoms. The minimum atomic E-state index is -0.127. The maximum absolute atomic E-state index is 11.9. The lowest BCUT2D eigenvalue weighted by molar-refractivity contribution is -0.118. The molecule has 3 aromatic rings. The van der Waals surface area contributed by atoms with E-state index in [9.17, 15) is 4.79 Å². The first kappa shape index (κ1) is 17.4. The molecule has 1 aliphatic heterocycles. The standard InChI is InChI=1S/C21H18N2O3S/c24-21(23-22-11-15-6-8-19-20(10-15)26-14-25-19)13-27-12-16-5-7-17-3-1-2-4-18(17)9-16/h1-11H,12-14H2,(H,23,24). The summed E-state index contributed by atoms with van der Waals surface area (Å²) < 4.78 is 10.6. The highest BCUT2D eigenvalue weighted by Crippen LogP contribution is 2.31. The quantitative estimate of drug-likeness (QED) is 0.521. The molecule has 3 aromatic carbocycles. The highest BCUT2D eigenvalue weighted by molar-refractivity contribution is 7.99. The number of amides is 1. The normalized spacial score (nSPS) is 12.6. The molecule has 0 aromatic heterocycles. The van der Waals surface area contributed by atoms with E-state index in [1.54, 1.807) is 18.0 Å². The van der Waals surface area contributed by atoms with Crippen LogP contribution in [0, 0.1) is 0 Å². The first-order valence-corrected chi connectivity index (χ1v) is 9.70. The van der Waals surface area contributed by atoms with Crippen LogP contribution in [0.1, 0.15) is 11.1 Å². The number of nitrogens with zero attached hydrogens (tertiary/aromatic N) is 1. The molecule has 0 saturated heterocycles. The summed E-state index contributed by atoms with van der Waals surface area (Å²) in [5, 5.41) is 6.44. The van der Waals surface area contributed by atoms with Crippen LogP contribution in [0.5, 0.6) is 11.5 Å². The average molecular weight is 378 g/mol. The second kappa shape index (κ2) is 8.14. The minimum Gasteiger partial charge on any atom is -0.454 e. The first-order chi connectivity index (χ1) is 13.3. The lowest BCUT2D eigenvalue weighted by atomic mass is 10.1. The van der Waals surface area contributed by atoms with Crippen LogP contribution in [0.25, 0.3) is 10.8 Å². The van der Waals surface area contributed by atoms with Gasteiger partial charge < -0.3 is 9.47 Å². The van der Waals surface area contributed by atoms with Crippen molar-refractivity contribution < 1.29 is 14.3 Å². The molecule has 0 spiro atoms. The SMILES string of the molecule is O=C(CSCc1ccc2ccccc2c1)NN=Cc1ccc2c(c1)OCO2. The van der Waals surface area contributed by atoms with Gasteiger partial charge in [0.2, 0.25) is 12.7 Å². The highest BCUT2D eigenvalue weighted by Gasteiger charge is 2.12. The van der Waals surface area contributed by atoms with Crippen molar-refractivity contribution in [3.8, 4) is 11.5 Å². The van der Waals surface area contributed by atoms with Crippen molar-refractivity contribution in [2.24, 2.45) is 5.10 Å². The zero-order valence-electron chi connectivity index (χ0n) is 14.6. The fourth-order valence-electron chi connectivity index (χ4n) is 2.79. The van der Waals surface area contributed by atoms with E-state index in [1.807, 2.05) is 30.3 Å². The Morgan fingerprint density at radius 3 is 2.81 bits per heavy atom. The zero-order valence-corrected chi connectivity index (χ0v) is 15.4. The summed E-state index contributed by atoms with van der Waals surface area (Å²) in [5.41, 5.74) is 4.59. The van der Waals surface area contributed by atoms with E-state index in [0.717, 1.165) is 17.1 Å². The monoisotopic (exact) mass is 378 g/mol. The predicted molar refractivity (Wildman–Crippen MR) is 108 cm³/mol. The number of nitrogens with one attached hydrogen (secondary N) is 1. The van der Waals surface area contributed by atoms with Crippen molar-refractivity contribution in [3.63, 3.8) is 0 Å². The molecule has 0 bridgehead atoms. The summed E-state index contributed by atoms with van der Waals surface area (Å²) in [7, 11) is 0. The summed E-state index contributed by atoms with van der Waals surface area (Å²) >= 11 is 1.56. The van der Waals surface area contributed by atoms with Crippen LogP contribution in [0.15, 0.2) is 65.8 Å². The Morgan fingerprint density at radius 2 is 1.89 bits per heavy atom. The van der Waals surface area contributed by atoms with Gasteiger partial charge >= 0.3 is 0 Å². The summed E-state index contributed by atoms with van der Waals surface area (Å²) in [5.74, 6) is 2.42. The Morgan fingerprint density at radius 1 is 1.04 bits per heavy atom. The van der Waals surface area contributed by atoms with Gasteiger partial charge in [-0.25, -0.2) is 5.43 Å². The average Bonchev–Trinajstić information content (AvgIpc) is 3.16. The third-order valence-corrected chi connectivity index (χ3v) is 5.12. The Labute approximate surface area is 161 Å². The summed E-state index contributed by atoms with van der Waals surface area (Å²) in [6.07, 6.45) is 1.59. The maximum Gasteiger partial charge on any atom is 0.250 e. The summed E-state index contributed by atoms with van der Waals surface area (Å²) in [4.78, 5) is 11.9. The van der Waals surface area contributed by atoms with E-state index in [1.165, 1.54) is 16.3 Å². The molecule has 0 aliphatic carbocycles. The largest absolute Gasteiger partial charge is 0.454 e. The molecule has 27 heavy (non-hydrogen) atoms. The molecule has 1 N–H and O–H groups in total. The number of ether oxygens (including phenoxy) is 2. The van der Waals surface area contributed by atoms with Crippen molar-refractivity contribution in [1.82, 2.24) is 5.43 Å². The van der Waals surface area contributed by atoms with Crippen molar-refractivity contribution in [3.05, 3.63) is 71.8 Å². The van der Waals surface area contributed by atoms with E-state index < -0.39 is 0 Å². The van der Waals surface area contributed by atoms with E-state index in [4.69, 9.17) is 9.47 Å². The van der Waals surface area contributed by atoms with Crippen LogP contribution in [-0.4, -0.2) is 24.7 Å². The molecular weight excluding hydrogens is 360 g/mol. The van der Waals surface area contributed by atoms with Crippen LogP contribution >= 0.6 is 11.8 Å². The number of carbonyl (C=O) groups excluding carboxylic acids is 1. The van der Waals surface area contributed by atoms with Gasteiger partial charge in [0.15, 0.2) is 11.5 Å². The fraction of sp³-hybridized carbons (Fsp3) is 0.143. The van der Waals surface area contributed by atoms with Crippen molar-refractivity contribution in [1.29, 1.82) is 0 Å². The van der Waals surface area contributed by atoms with Gasteiger partial charge in [-0.15, -0.1) is 11.8 Å². The van der Waals surface area contributed by atoms with E-state index in [2.05, 4.69) is 40.9 Å². The number of benzene rings is 3. The van der Waals surface area contributed by atoms with Crippen molar-refractivity contribution in [2.45, 2.75) is 5.75 Å². The minimum absolute atomic E-state index is 0.127. The van der Waals surface area contributed by atoms with Crippen LogP contribution in [-0.2, 0) is 10.5 Å². The Kier molecular flexibility index (Phi) is 5.25. The number of rotatable bonds is 6. The van der Waals surface area contributed by atoms with E-state index in [0.29, 0.717) is 11.5 Å². The van der Waals surface area contributed by atoms with E-state index >= 15 is 0 Å². The number of fused-ring (bicyclic) bond motifs is 2. The molecule has 4 rings (SSSR count). The Balaban J connectivity index is 1.24. The molecule has 0 fully saturated rings. The van der Waals surface area contributed by atoms with E-state index in [-0.39, 0.29) is 12.7 Å². The van der Waals surface area contributed by atoms with Gasteiger partial charge in [0.1, 0.15) is 0 Å². The molecule has 136 valence electrons. The van der Waals surface area contributed by atoms with Gasteiger partial charge in [0.25, 0.3) is 0 Å². The van der Waals surface area contributed by atoms with Gasteiger partial charge in [-0.1, -0.05) is 42.5 Å². The molecule has 0 unspecified atom stereocenters. The highest BCUT2D eigenvalue weighted by atomic mass is 32.2. The second-order valence-corrected chi connectivity index (χ2v) is 7.07. The number of hydrogen-bond acceptors (Lipinski definition) is 5. The van der Waals surface area contributed by atoms with Gasteiger partial charge in [0, 0.05) is 5.75 Å². The molecule has 0 saturated carbocycles. The molecular formula is C21H18N2O3S. The third kappa shape index (κ3) is 4.41. The molecule has 0 radical (unpaired) electrons. The summed E-state index contributed by atoms with van der Waals surface area (Å²) in [6.45, 7) is 0.237. The van der Waals surface area contributed by atoms with Crippen molar-refractivity contribution >= 4 is 34.7 Å². The van der Waals surface area contributed by atoms with Gasteiger partial charge in [0.05, 0.1) is 12.0 Å². The molecule has 5 nitrogen and oxygen atoms in total. The van der Waals surface area contributed by atoms with Gasteiger partial charge in [-0.05, 0) is 40.1 Å². The first-order valence-electron chi connectivity index (χ1n) is 8.55. The molecule has 1 amide bonds. The number of hydrazone groups is 1. The summed E-state index contributed by atoms with van der Waals surface area (Å²) in [6, 6.07) is 20.1. The van der Waals surface area contributed by atoms with Crippen LogP contribution in [0.3, 0.4) is 0 Å². The second-order valence-electron chi connectivity index (χ2n) is 6.08. The lowest BCUT2D eigenvalue weighted by Gasteiger charge is -2.04. The number of thioether (sulfide) groups is 1. The van der Waals surface area contributed by atoms with Gasteiger partial charge in [-0.3, -0.25) is 4.79 Å². The molecule has 0 atom stereocenters. The van der Waals surface area contributed by atoms with Crippen molar-refractivity contribution in [2.75, 3.05) is 12.5 Å². The smallest absolute Gasteiger partial charge is 0.250 e. The van der Waals surface area contributed by atoms with Crippen LogP contribution < -0.4 is 14.9 Å². The fourth-order valence-corrected chi connectivity index (χ4v) is 3.56. The number of hydrogen-bond donors (Lipinski definition) is 1. The molecule has 1 aliphatic rings. The Hall–Kier alpha value is -2.99. The lowest BCUT2D eigenvalue weighted by Crippen LogP contribution is -2.19.